The summed E-state index contributed by atoms with van der Waals surface area (Å²) in [6, 6.07) is 8.27. The summed E-state index contributed by atoms with van der Waals surface area (Å²) in [7, 11) is 0. The monoisotopic (exact) mass is 471 g/mol. The van der Waals surface area contributed by atoms with Gasteiger partial charge in [-0.1, -0.05) is 82.8 Å². The molecule has 0 amide bonds. The molecule has 0 heterocycles. The standard InChI is InChI=1S/C27H44F3NO2/c1-2-33-26(32)21-18-24-16-19-25(20-17-24)31-23-15-13-11-9-7-5-3-4-6-8-10-12-14-22-27(28,29)30/h16-17,19-20,31H,2-15,18,21-23H2,1H3. The van der Waals surface area contributed by atoms with Crippen LogP contribution in [0.4, 0.5) is 18.9 Å². The summed E-state index contributed by atoms with van der Waals surface area (Å²) < 4.78 is 41.1. The Kier molecular flexibility index (Phi) is 16.6. The highest BCUT2D eigenvalue weighted by molar-refractivity contribution is 5.69. The first-order valence-electron chi connectivity index (χ1n) is 13.0. The highest BCUT2D eigenvalue weighted by Gasteiger charge is 2.25. The molecule has 3 nitrogen and oxygen atoms in total. The van der Waals surface area contributed by atoms with Crippen LogP contribution in [0, 0.1) is 0 Å². The van der Waals surface area contributed by atoms with E-state index in [1.807, 2.05) is 6.92 Å². The second-order valence-electron chi connectivity index (χ2n) is 8.89. The predicted octanol–water partition coefficient (Wildman–Crippen LogP) is 8.62. The van der Waals surface area contributed by atoms with E-state index in [1.54, 1.807) is 0 Å². The number of ether oxygens (including phenoxy) is 1. The highest BCUT2D eigenvalue weighted by Crippen LogP contribution is 2.23. The lowest BCUT2D eigenvalue weighted by atomic mass is 10.0. The number of carbonyl (C=O) groups is 1. The molecule has 0 unspecified atom stereocenters. The lowest BCUT2D eigenvalue weighted by molar-refractivity contribution is -0.143. The normalized spacial score (nSPS) is 11.5. The third-order valence-electron chi connectivity index (χ3n) is 5.84. The summed E-state index contributed by atoms with van der Waals surface area (Å²) in [6.45, 7) is 3.23. The summed E-state index contributed by atoms with van der Waals surface area (Å²) >= 11 is 0. The Bertz CT molecular complexity index is 602. The van der Waals surface area contributed by atoms with E-state index in [-0.39, 0.29) is 12.4 Å². The average Bonchev–Trinajstić information content (AvgIpc) is 2.77. The van der Waals surface area contributed by atoms with Crippen molar-refractivity contribution in [1.82, 2.24) is 0 Å². The molecule has 0 atom stereocenters. The smallest absolute Gasteiger partial charge is 0.389 e. The van der Waals surface area contributed by atoms with Crippen LogP contribution >= 0.6 is 0 Å². The minimum absolute atomic E-state index is 0.143. The molecule has 6 heteroatoms. The lowest BCUT2D eigenvalue weighted by Gasteiger charge is -2.08. The molecule has 0 aromatic heterocycles. The predicted molar refractivity (Wildman–Crippen MR) is 131 cm³/mol. The van der Waals surface area contributed by atoms with Crippen LogP contribution in [0.25, 0.3) is 0 Å². The van der Waals surface area contributed by atoms with Gasteiger partial charge in [0.1, 0.15) is 0 Å². The van der Waals surface area contributed by atoms with Crippen molar-refractivity contribution < 1.29 is 22.7 Å². The number of hydrogen-bond acceptors (Lipinski definition) is 3. The Morgan fingerprint density at radius 3 is 1.76 bits per heavy atom. The minimum atomic E-state index is -3.99. The second-order valence-corrected chi connectivity index (χ2v) is 8.89. The van der Waals surface area contributed by atoms with Crippen molar-refractivity contribution in [2.75, 3.05) is 18.5 Å². The van der Waals surface area contributed by atoms with Crippen LogP contribution in [-0.2, 0) is 16.0 Å². The summed E-state index contributed by atoms with van der Waals surface area (Å²) in [5.41, 5.74) is 2.27. The molecule has 1 rings (SSSR count). The van der Waals surface area contributed by atoms with Gasteiger partial charge in [-0.25, -0.2) is 0 Å². The summed E-state index contributed by atoms with van der Waals surface area (Å²) in [5.74, 6) is -0.143. The van der Waals surface area contributed by atoms with Crippen molar-refractivity contribution in [2.24, 2.45) is 0 Å². The first-order chi connectivity index (χ1) is 15.9. The summed E-state index contributed by atoms with van der Waals surface area (Å²) in [4.78, 5) is 11.4. The van der Waals surface area contributed by atoms with Gasteiger partial charge in [-0.3, -0.25) is 4.79 Å². The third kappa shape index (κ3) is 18.4. The number of rotatable bonds is 20. The third-order valence-corrected chi connectivity index (χ3v) is 5.84. The fourth-order valence-corrected chi connectivity index (χ4v) is 3.90. The molecule has 0 aliphatic carbocycles. The molecular formula is C27H44F3NO2. The number of aryl methyl sites for hydroxylation is 1. The van der Waals surface area contributed by atoms with Gasteiger partial charge in [0.2, 0.25) is 0 Å². The van der Waals surface area contributed by atoms with Crippen molar-refractivity contribution in [3.05, 3.63) is 29.8 Å². The maximum atomic E-state index is 12.0. The molecule has 0 aliphatic rings. The summed E-state index contributed by atoms with van der Waals surface area (Å²) in [6.07, 6.45) is 10.6. The van der Waals surface area contributed by atoms with Gasteiger partial charge in [0.15, 0.2) is 0 Å². The summed E-state index contributed by atoms with van der Waals surface area (Å²) in [5, 5.41) is 3.46. The zero-order valence-electron chi connectivity index (χ0n) is 20.5. The van der Waals surface area contributed by atoms with Crippen molar-refractivity contribution >= 4 is 11.7 Å². The van der Waals surface area contributed by atoms with Gasteiger partial charge < -0.3 is 10.1 Å². The fourth-order valence-electron chi connectivity index (χ4n) is 3.90. The molecule has 0 aliphatic heterocycles. The highest BCUT2D eigenvalue weighted by atomic mass is 19.4. The van der Waals surface area contributed by atoms with Gasteiger partial charge >= 0.3 is 12.1 Å². The number of carbonyl (C=O) groups excluding carboxylic acids is 1. The van der Waals surface area contributed by atoms with Crippen LogP contribution in [-0.4, -0.2) is 25.3 Å². The van der Waals surface area contributed by atoms with Gasteiger partial charge in [0.25, 0.3) is 0 Å². The molecule has 1 aromatic carbocycles. The minimum Gasteiger partial charge on any atom is -0.466 e. The van der Waals surface area contributed by atoms with Crippen LogP contribution in [0.3, 0.4) is 0 Å². The van der Waals surface area contributed by atoms with Gasteiger partial charge in [-0.15, -0.1) is 0 Å². The van der Waals surface area contributed by atoms with Gasteiger partial charge in [-0.2, -0.15) is 13.2 Å². The van der Waals surface area contributed by atoms with Crippen molar-refractivity contribution in [1.29, 1.82) is 0 Å². The first-order valence-corrected chi connectivity index (χ1v) is 13.0. The van der Waals surface area contributed by atoms with Gasteiger partial charge in [0.05, 0.1) is 6.61 Å². The SMILES string of the molecule is CCOC(=O)CCc1ccc(NCCCCCCCCCCCCCCCC(F)(F)F)cc1. The van der Waals surface area contributed by atoms with Crippen molar-refractivity contribution in [2.45, 2.75) is 116 Å². The molecule has 0 radical (unpaired) electrons. The molecule has 1 aromatic rings. The van der Waals surface area contributed by atoms with Crippen LogP contribution in [0.15, 0.2) is 24.3 Å². The number of benzene rings is 1. The van der Waals surface area contributed by atoms with E-state index in [0.717, 1.165) is 37.1 Å². The van der Waals surface area contributed by atoms with Crippen molar-refractivity contribution in [3.8, 4) is 0 Å². The maximum absolute atomic E-state index is 12.0. The molecule has 1 N–H and O–H groups in total. The van der Waals surface area contributed by atoms with E-state index >= 15 is 0 Å². The lowest BCUT2D eigenvalue weighted by Crippen LogP contribution is -2.06. The number of esters is 1. The number of anilines is 1. The van der Waals surface area contributed by atoms with E-state index in [9.17, 15) is 18.0 Å². The van der Waals surface area contributed by atoms with E-state index in [2.05, 4.69) is 29.6 Å². The first kappa shape index (κ1) is 29.3. The van der Waals surface area contributed by atoms with Gasteiger partial charge in [-0.05, 0) is 43.9 Å². The molecule has 0 saturated heterocycles. The quantitative estimate of drug-likeness (QED) is 0.153. The molecular weight excluding hydrogens is 427 g/mol. The Labute approximate surface area is 198 Å². The average molecular weight is 472 g/mol. The molecule has 0 spiro atoms. The van der Waals surface area contributed by atoms with E-state index in [4.69, 9.17) is 4.74 Å². The number of alkyl halides is 3. The van der Waals surface area contributed by atoms with Crippen molar-refractivity contribution in [3.63, 3.8) is 0 Å². The number of nitrogens with one attached hydrogen (secondary N) is 1. The topological polar surface area (TPSA) is 38.3 Å². The molecule has 0 fully saturated rings. The van der Waals surface area contributed by atoms with E-state index in [0.29, 0.717) is 25.9 Å². The zero-order chi connectivity index (χ0) is 24.2. The van der Waals surface area contributed by atoms with Crippen LogP contribution < -0.4 is 5.32 Å². The van der Waals surface area contributed by atoms with Crippen LogP contribution in [0.1, 0.15) is 109 Å². The maximum Gasteiger partial charge on any atom is 0.389 e. The molecule has 0 bridgehead atoms. The Morgan fingerprint density at radius 1 is 0.788 bits per heavy atom. The second kappa shape index (κ2) is 18.7. The van der Waals surface area contributed by atoms with E-state index in [1.165, 1.54) is 51.4 Å². The molecule has 33 heavy (non-hydrogen) atoms. The number of halogens is 3. The van der Waals surface area contributed by atoms with Crippen LogP contribution in [0.2, 0.25) is 0 Å². The largest absolute Gasteiger partial charge is 0.466 e. The number of unbranched alkanes of at least 4 members (excludes halogenated alkanes) is 12. The van der Waals surface area contributed by atoms with Gasteiger partial charge in [0, 0.05) is 25.1 Å². The Morgan fingerprint density at radius 2 is 1.27 bits per heavy atom. The molecule has 0 saturated carbocycles. The fraction of sp³-hybridized carbons (Fsp3) is 0.741. The Balaban J connectivity index is 1.86. The zero-order valence-corrected chi connectivity index (χ0v) is 20.5. The Hall–Kier alpha value is -1.72. The van der Waals surface area contributed by atoms with Crippen LogP contribution in [0.5, 0.6) is 0 Å². The molecule has 190 valence electrons. The number of hydrogen-bond donors (Lipinski definition) is 1. The van der Waals surface area contributed by atoms with E-state index < -0.39 is 12.6 Å².